The molecule has 120 valence electrons. The number of hydrogen-bond acceptors (Lipinski definition) is 5. The highest BCUT2D eigenvalue weighted by atomic mass is 32.2. The molecule has 3 aromatic rings. The van der Waals surface area contributed by atoms with Gasteiger partial charge in [0.15, 0.2) is 5.65 Å². The van der Waals surface area contributed by atoms with Crippen LogP contribution >= 0.6 is 0 Å². The van der Waals surface area contributed by atoms with Gasteiger partial charge >= 0.3 is 0 Å². The third kappa shape index (κ3) is 3.72. The van der Waals surface area contributed by atoms with Gasteiger partial charge in [0.25, 0.3) is 0 Å². The quantitative estimate of drug-likeness (QED) is 0.735. The topological polar surface area (TPSA) is 89.2 Å². The van der Waals surface area contributed by atoms with Crippen LogP contribution in [0.1, 0.15) is 12.6 Å². The van der Waals surface area contributed by atoms with E-state index in [-0.39, 0.29) is 5.75 Å². The number of aromatic nitrogens is 4. The lowest BCUT2D eigenvalue weighted by molar-refractivity contribution is 0.582. The van der Waals surface area contributed by atoms with E-state index in [4.69, 9.17) is 0 Å². The van der Waals surface area contributed by atoms with Crippen LogP contribution in [0.4, 0.5) is 0 Å². The second-order valence-corrected chi connectivity index (χ2v) is 7.13. The van der Waals surface area contributed by atoms with Crippen molar-refractivity contribution in [3.63, 3.8) is 0 Å². The van der Waals surface area contributed by atoms with Crippen LogP contribution in [-0.2, 0) is 16.4 Å². The van der Waals surface area contributed by atoms with E-state index >= 15 is 0 Å². The molecule has 0 aromatic carbocycles. The molecule has 0 radical (unpaired) electrons. The van der Waals surface area contributed by atoms with Crippen LogP contribution < -0.4 is 4.72 Å². The SMILES string of the molecule is CCS(=O)(=O)NCCc1cc2nc(-c3ccncc3)ccn2n1. The molecule has 3 rings (SSSR count). The van der Waals surface area contributed by atoms with Crippen LogP contribution in [0, 0.1) is 0 Å². The summed E-state index contributed by atoms with van der Waals surface area (Å²) < 4.78 is 27.0. The van der Waals surface area contributed by atoms with E-state index in [1.807, 2.05) is 30.5 Å². The van der Waals surface area contributed by atoms with E-state index in [1.165, 1.54) is 0 Å². The minimum atomic E-state index is -3.17. The van der Waals surface area contributed by atoms with Gasteiger partial charge in [-0.2, -0.15) is 5.10 Å². The first kappa shape index (κ1) is 15.6. The number of pyridine rings is 1. The van der Waals surface area contributed by atoms with E-state index in [2.05, 4.69) is 19.8 Å². The van der Waals surface area contributed by atoms with Gasteiger partial charge in [-0.25, -0.2) is 22.6 Å². The minimum absolute atomic E-state index is 0.0784. The number of fused-ring (bicyclic) bond motifs is 1. The fourth-order valence-corrected chi connectivity index (χ4v) is 2.79. The Hall–Kier alpha value is -2.32. The predicted octanol–water partition coefficient (Wildman–Crippen LogP) is 1.27. The summed E-state index contributed by atoms with van der Waals surface area (Å²) in [7, 11) is -3.17. The van der Waals surface area contributed by atoms with Gasteiger partial charge in [0.05, 0.1) is 17.1 Å². The van der Waals surface area contributed by atoms with Crippen LogP contribution in [0.25, 0.3) is 16.9 Å². The highest BCUT2D eigenvalue weighted by molar-refractivity contribution is 7.89. The van der Waals surface area contributed by atoms with Gasteiger partial charge in [0, 0.05) is 43.2 Å². The maximum absolute atomic E-state index is 11.4. The molecule has 0 aliphatic carbocycles. The Bertz CT molecular complexity index is 906. The van der Waals surface area contributed by atoms with Crippen molar-refractivity contribution in [2.24, 2.45) is 0 Å². The fraction of sp³-hybridized carbons (Fsp3) is 0.267. The van der Waals surface area contributed by atoms with Crippen molar-refractivity contribution in [3.05, 3.63) is 48.5 Å². The van der Waals surface area contributed by atoms with Crippen molar-refractivity contribution in [1.29, 1.82) is 0 Å². The monoisotopic (exact) mass is 331 g/mol. The summed E-state index contributed by atoms with van der Waals surface area (Å²) in [5.41, 5.74) is 3.36. The van der Waals surface area contributed by atoms with Gasteiger partial charge in [0.1, 0.15) is 0 Å². The number of nitrogens with zero attached hydrogens (tertiary/aromatic N) is 4. The number of sulfonamides is 1. The van der Waals surface area contributed by atoms with Crippen molar-refractivity contribution in [2.75, 3.05) is 12.3 Å². The molecule has 23 heavy (non-hydrogen) atoms. The molecular formula is C15H17N5O2S. The summed E-state index contributed by atoms with van der Waals surface area (Å²) >= 11 is 0. The van der Waals surface area contributed by atoms with E-state index in [9.17, 15) is 8.42 Å². The lowest BCUT2D eigenvalue weighted by atomic mass is 10.2. The second kappa shape index (κ2) is 6.43. The molecule has 0 saturated carbocycles. The third-order valence-corrected chi connectivity index (χ3v) is 4.84. The van der Waals surface area contributed by atoms with Crippen LogP contribution in [0.3, 0.4) is 0 Å². The lowest BCUT2D eigenvalue weighted by Crippen LogP contribution is -2.27. The Balaban J connectivity index is 1.77. The van der Waals surface area contributed by atoms with Crippen molar-refractivity contribution < 1.29 is 8.42 Å². The average Bonchev–Trinajstić information content (AvgIpc) is 2.97. The fourth-order valence-electron chi connectivity index (χ4n) is 2.17. The summed E-state index contributed by atoms with van der Waals surface area (Å²) in [5.74, 6) is 0.0784. The van der Waals surface area contributed by atoms with Gasteiger partial charge in [-0.05, 0) is 25.1 Å². The highest BCUT2D eigenvalue weighted by Crippen LogP contribution is 2.16. The molecule has 0 aliphatic heterocycles. The molecule has 1 N–H and O–H groups in total. The van der Waals surface area contributed by atoms with Crippen molar-refractivity contribution in [2.45, 2.75) is 13.3 Å². The predicted molar refractivity (Wildman–Crippen MR) is 87.4 cm³/mol. The zero-order chi connectivity index (χ0) is 16.3. The van der Waals surface area contributed by atoms with Crippen molar-refractivity contribution in [3.8, 4) is 11.3 Å². The summed E-state index contributed by atoms with van der Waals surface area (Å²) in [4.78, 5) is 8.57. The molecule has 0 aliphatic rings. The smallest absolute Gasteiger partial charge is 0.211 e. The van der Waals surface area contributed by atoms with E-state index in [1.54, 1.807) is 23.8 Å². The highest BCUT2D eigenvalue weighted by Gasteiger charge is 2.08. The van der Waals surface area contributed by atoms with E-state index in [0.717, 1.165) is 22.6 Å². The Labute approximate surface area is 134 Å². The number of rotatable bonds is 6. The molecule has 3 aromatic heterocycles. The Morgan fingerprint density at radius 2 is 2.00 bits per heavy atom. The van der Waals surface area contributed by atoms with E-state index < -0.39 is 10.0 Å². The Kier molecular flexibility index (Phi) is 4.35. The Morgan fingerprint density at radius 3 is 2.74 bits per heavy atom. The lowest BCUT2D eigenvalue weighted by Gasteiger charge is -2.01. The molecule has 0 fully saturated rings. The molecule has 3 heterocycles. The Morgan fingerprint density at radius 1 is 1.22 bits per heavy atom. The molecular weight excluding hydrogens is 314 g/mol. The number of nitrogens with one attached hydrogen (secondary N) is 1. The first-order valence-corrected chi connectivity index (χ1v) is 8.96. The van der Waals surface area contributed by atoms with Crippen molar-refractivity contribution in [1.82, 2.24) is 24.3 Å². The van der Waals surface area contributed by atoms with Crippen LogP contribution in [-0.4, -0.2) is 40.3 Å². The summed E-state index contributed by atoms with van der Waals surface area (Å²) in [6.07, 6.45) is 5.82. The zero-order valence-corrected chi connectivity index (χ0v) is 13.5. The van der Waals surface area contributed by atoms with Crippen molar-refractivity contribution >= 4 is 15.7 Å². The van der Waals surface area contributed by atoms with Crippen LogP contribution in [0.5, 0.6) is 0 Å². The molecule has 7 nitrogen and oxygen atoms in total. The minimum Gasteiger partial charge on any atom is -0.265 e. The van der Waals surface area contributed by atoms with Crippen LogP contribution in [0.2, 0.25) is 0 Å². The van der Waals surface area contributed by atoms with Gasteiger partial charge in [-0.1, -0.05) is 0 Å². The maximum atomic E-state index is 11.4. The molecule has 0 spiro atoms. The molecule has 8 heteroatoms. The molecule has 0 amide bonds. The molecule has 0 saturated heterocycles. The third-order valence-electron chi connectivity index (χ3n) is 3.43. The van der Waals surface area contributed by atoms with Gasteiger partial charge < -0.3 is 0 Å². The van der Waals surface area contributed by atoms with Gasteiger partial charge in [-0.15, -0.1) is 0 Å². The van der Waals surface area contributed by atoms with Gasteiger partial charge in [-0.3, -0.25) is 4.98 Å². The largest absolute Gasteiger partial charge is 0.265 e. The summed E-state index contributed by atoms with van der Waals surface area (Å²) in [6, 6.07) is 7.55. The standard InChI is InChI=1S/C15H17N5O2S/c1-2-23(21,22)17-9-5-13-11-15-18-14(6-10-20(15)19-13)12-3-7-16-8-4-12/h3-4,6-8,10-11,17H,2,5,9H2,1H3. The molecule has 0 atom stereocenters. The second-order valence-electron chi connectivity index (χ2n) is 5.03. The van der Waals surface area contributed by atoms with E-state index in [0.29, 0.717) is 13.0 Å². The molecule has 0 unspecified atom stereocenters. The normalized spacial score (nSPS) is 11.9. The molecule has 0 bridgehead atoms. The van der Waals surface area contributed by atoms with Gasteiger partial charge in [0.2, 0.25) is 10.0 Å². The first-order valence-electron chi connectivity index (χ1n) is 7.30. The van der Waals surface area contributed by atoms with Crippen LogP contribution in [0.15, 0.2) is 42.9 Å². The maximum Gasteiger partial charge on any atom is 0.211 e. The first-order chi connectivity index (χ1) is 11.1. The summed E-state index contributed by atoms with van der Waals surface area (Å²) in [6.45, 7) is 1.94. The zero-order valence-electron chi connectivity index (χ0n) is 12.7. The summed E-state index contributed by atoms with van der Waals surface area (Å²) in [5, 5.41) is 4.40. The number of hydrogen-bond donors (Lipinski definition) is 1. The average molecular weight is 331 g/mol.